The van der Waals surface area contributed by atoms with E-state index < -0.39 is 0 Å². The second-order valence-corrected chi connectivity index (χ2v) is 4.21. The maximum absolute atomic E-state index is 5.05. The van der Waals surface area contributed by atoms with Gasteiger partial charge in [0, 0.05) is 26.7 Å². The molecule has 0 aromatic rings. The molecule has 0 spiro atoms. The molecule has 0 aliphatic carbocycles. The van der Waals surface area contributed by atoms with Gasteiger partial charge in [0.2, 0.25) is 0 Å². The van der Waals surface area contributed by atoms with Crippen molar-refractivity contribution in [2.75, 3.05) is 34.7 Å². The summed E-state index contributed by atoms with van der Waals surface area (Å²) in [6, 6.07) is 0.316. The zero-order valence-electron chi connectivity index (χ0n) is 9.61. The van der Waals surface area contributed by atoms with Crippen LogP contribution in [-0.2, 0) is 0 Å². The lowest BCUT2D eigenvalue weighted by molar-refractivity contribution is 0.370. The highest BCUT2D eigenvalue weighted by molar-refractivity contribution is 7.80. The Bertz CT molecular complexity index is 201. The third kappa shape index (κ3) is 7.94. The molecule has 0 rings (SSSR count). The first-order valence-corrected chi connectivity index (χ1v) is 4.98. The van der Waals surface area contributed by atoms with Crippen LogP contribution in [0.1, 0.15) is 6.92 Å². The van der Waals surface area contributed by atoms with Crippen molar-refractivity contribution in [3.8, 4) is 0 Å². The molecule has 14 heavy (non-hydrogen) atoms. The molecule has 5 heteroatoms. The van der Waals surface area contributed by atoms with Crippen molar-refractivity contribution in [2.24, 2.45) is 4.99 Å². The average Bonchev–Trinajstić information content (AvgIpc) is 1.98. The normalized spacial score (nSPS) is 13.3. The molecule has 0 saturated heterocycles. The number of hydrogen-bond acceptors (Lipinski definition) is 2. The summed E-state index contributed by atoms with van der Waals surface area (Å²) >= 11 is 5.05. The van der Waals surface area contributed by atoms with Crippen LogP contribution in [0.5, 0.6) is 0 Å². The lowest BCUT2D eigenvalue weighted by Crippen LogP contribution is -2.38. The molecule has 0 bridgehead atoms. The minimum atomic E-state index is 0.316. The zero-order chi connectivity index (χ0) is 11.1. The molecule has 0 amide bonds. The minimum absolute atomic E-state index is 0.316. The Morgan fingerprint density at radius 1 is 1.43 bits per heavy atom. The predicted octanol–water partition coefficient (Wildman–Crippen LogP) is 0.401. The second-order valence-electron chi connectivity index (χ2n) is 3.82. The smallest absolute Gasteiger partial charge is 0.194 e. The van der Waals surface area contributed by atoms with E-state index in [1.54, 1.807) is 6.34 Å². The van der Waals surface area contributed by atoms with Gasteiger partial charge in [0.15, 0.2) is 5.11 Å². The quantitative estimate of drug-likeness (QED) is 0.419. The van der Waals surface area contributed by atoms with Gasteiger partial charge in [-0.1, -0.05) is 0 Å². The van der Waals surface area contributed by atoms with Gasteiger partial charge in [-0.25, -0.2) is 4.99 Å². The molecule has 0 aliphatic rings. The third-order valence-corrected chi connectivity index (χ3v) is 1.64. The van der Waals surface area contributed by atoms with Gasteiger partial charge in [-0.15, -0.1) is 0 Å². The van der Waals surface area contributed by atoms with Gasteiger partial charge in [-0.3, -0.25) is 0 Å². The van der Waals surface area contributed by atoms with Crippen molar-refractivity contribution in [1.82, 2.24) is 15.1 Å². The molecule has 0 aromatic carbocycles. The monoisotopic (exact) mass is 216 g/mol. The van der Waals surface area contributed by atoms with Crippen LogP contribution in [0.15, 0.2) is 4.99 Å². The SMILES string of the molecule is CC(CN(C)C)NC(=S)N=CN(C)C. The van der Waals surface area contributed by atoms with Gasteiger partial charge >= 0.3 is 0 Å². The van der Waals surface area contributed by atoms with Crippen molar-refractivity contribution in [2.45, 2.75) is 13.0 Å². The molecule has 1 atom stereocenters. The van der Waals surface area contributed by atoms with Crippen molar-refractivity contribution in [3.63, 3.8) is 0 Å². The largest absolute Gasteiger partial charge is 0.369 e. The molecule has 1 N–H and O–H groups in total. The molecular formula is C9H20N4S. The molecule has 0 aromatic heterocycles. The van der Waals surface area contributed by atoms with Crippen LogP contribution in [0.4, 0.5) is 0 Å². The first kappa shape index (κ1) is 13.3. The van der Waals surface area contributed by atoms with Crippen LogP contribution < -0.4 is 5.32 Å². The summed E-state index contributed by atoms with van der Waals surface area (Å²) in [5.74, 6) is 0. The van der Waals surface area contributed by atoms with E-state index in [1.165, 1.54) is 0 Å². The fourth-order valence-electron chi connectivity index (χ4n) is 1.01. The second kappa shape index (κ2) is 6.73. The Hall–Kier alpha value is -0.680. The number of nitrogens with one attached hydrogen (secondary N) is 1. The first-order chi connectivity index (χ1) is 6.41. The van der Waals surface area contributed by atoms with E-state index >= 15 is 0 Å². The third-order valence-electron chi connectivity index (χ3n) is 1.41. The van der Waals surface area contributed by atoms with Crippen LogP contribution >= 0.6 is 12.2 Å². The van der Waals surface area contributed by atoms with E-state index in [0.29, 0.717) is 11.2 Å². The number of hydrogen-bond donors (Lipinski definition) is 1. The van der Waals surface area contributed by atoms with Crippen molar-refractivity contribution in [3.05, 3.63) is 0 Å². The highest BCUT2D eigenvalue weighted by atomic mass is 32.1. The number of nitrogens with zero attached hydrogens (tertiary/aromatic N) is 3. The first-order valence-electron chi connectivity index (χ1n) is 4.57. The van der Waals surface area contributed by atoms with E-state index in [-0.39, 0.29) is 0 Å². The summed E-state index contributed by atoms with van der Waals surface area (Å²) in [5.41, 5.74) is 0. The van der Waals surface area contributed by atoms with Gasteiger partial charge in [-0.05, 0) is 33.2 Å². The molecule has 82 valence electrons. The maximum atomic E-state index is 5.05. The average molecular weight is 216 g/mol. The summed E-state index contributed by atoms with van der Waals surface area (Å²) < 4.78 is 0. The van der Waals surface area contributed by atoms with Gasteiger partial charge in [0.05, 0.1) is 6.34 Å². The number of aliphatic imine (C=N–C) groups is 1. The van der Waals surface area contributed by atoms with E-state index in [1.807, 2.05) is 33.1 Å². The maximum Gasteiger partial charge on any atom is 0.194 e. The van der Waals surface area contributed by atoms with E-state index in [4.69, 9.17) is 12.2 Å². The molecule has 1 unspecified atom stereocenters. The Morgan fingerprint density at radius 2 is 2.00 bits per heavy atom. The Kier molecular flexibility index (Phi) is 6.40. The van der Waals surface area contributed by atoms with Crippen molar-refractivity contribution in [1.29, 1.82) is 0 Å². The minimum Gasteiger partial charge on any atom is -0.369 e. The topological polar surface area (TPSA) is 30.9 Å². The Labute approximate surface area is 92.0 Å². The van der Waals surface area contributed by atoms with Crippen molar-refractivity contribution >= 4 is 23.7 Å². The van der Waals surface area contributed by atoms with Crippen molar-refractivity contribution < 1.29 is 0 Å². The summed E-state index contributed by atoms with van der Waals surface area (Å²) in [6.07, 6.45) is 1.69. The standard InChI is InChI=1S/C9H20N4S/c1-8(6-12(2)3)11-9(14)10-7-13(4)5/h7-8H,6H2,1-5H3,(H,11,14). The number of thiocarbonyl (C=S) groups is 1. The summed E-state index contributed by atoms with van der Waals surface area (Å²) in [5, 5.41) is 3.67. The Balaban J connectivity index is 3.82. The highest BCUT2D eigenvalue weighted by Gasteiger charge is 2.03. The van der Waals surface area contributed by atoms with Crippen LogP contribution in [0.25, 0.3) is 0 Å². The molecular weight excluding hydrogens is 196 g/mol. The summed E-state index contributed by atoms with van der Waals surface area (Å²) in [4.78, 5) is 8.03. The van der Waals surface area contributed by atoms with Gasteiger partial charge in [0.1, 0.15) is 0 Å². The highest BCUT2D eigenvalue weighted by Crippen LogP contribution is 1.86. The lowest BCUT2D eigenvalue weighted by Gasteiger charge is -2.18. The van der Waals surface area contributed by atoms with E-state index in [9.17, 15) is 0 Å². The van der Waals surface area contributed by atoms with Gasteiger partial charge in [-0.2, -0.15) is 0 Å². The van der Waals surface area contributed by atoms with E-state index in [2.05, 4.69) is 22.1 Å². The van der Waals surface area contributed by atoms with Gasteiger partial charge < -0.3 is 15.1 Å². The summed E-state index contributed by atoms with van der Waals surface area (Å²) in [7, 11) is 7.89. The van der Waals surface area contributed by atoms with Gasteiger partial charge in [0.25, 0.3) is 0 Å². The lowest BCUT2D eigenvalue weighted by atomic mass is 10.3. The van der Waals surface area contributed by atoms with Crippen LogP contribution in [0, 0.1) is 0 Å². The fourth-order valence-corrected chi connectivity index (χ4v) is 1.26. The Morgan fingerprint density at radius 3 is 2.43 bits per heavy atom. The zero-order valence-corrected chi connectivity index (χ0v) is 10.4. The van der Waals surface area contributed by atoms with Crippen LogP contribution in [0.3, 0.4) is 0 Å². The summed E-state index contributed by atoms with van der Waals surface area (Å²) in [6.45, 7) is 3.02. The molecule has 4 nitrogen and oxygen atoms in total. The predicted molar refractivity (Wildman–Crippen MR) is 65.9 cm³/mol. The molecule has 0 radical (unpaired) electrons. The molecule has 0 aliphatic heterocycles. The van der Waals surface area contributed by atoms with Crippen LogP contribution in [-0.4, -0.2) is 62.0 Å². The molecule has 0 saturated carbocycles. The number of likely N-dealkylation sites (N-methyl/N-ethyl adjacent to an activating group) is 1. The molecule has 0 fully saturated rings. The van der Waals surface area contributed by atoms with Crippen LogP contribution in [0.2, 0.25) is 0 Å². The number of rotatable bonds is 4. The fraction of sp³-hybridized carbons (Fsp3) is 0.778. The van der Waals surface area contributed by atoms with E-state index in [0.717, 1.165) is 6.54 Å². The molecule has 0 heterocycles.